The molecule has 1 aromatic carbocycles. The van der Waals surface area contributed by atoms with Gasteiger partial charge in [0.25, 0.3) is 5.91 Å². The fourth-order valence-corrected chi connectivity index (χ4v) is 1.94. The summed E-state index contributed by atoms with van der Waals surface area (Å²) in [6, 6.07) is 7.55. The van der Waals surface area contributed by atoms with E-state index in [-0.39, 0.29) is 5.91 Å². The molecule has 1 aromatic heterocycles. The third-order valence-corrected chi connectivity index (χ3v) is 2.95. The fourth-order valence-electron chi connectivity index (χ4n) is 1.94. The number of carbonyl (C=O) groups is 1. The summed E-state index contributed by atoms with van der Waals surface area (Å²) in [5, 5.41) is 10.3. The zero-order valence-electron chi connectivity index (χ0n) is 11.9. The Morgan fingerprint density at radius 3 is 2.85 bits per heavy atom. The van der Waals surface area contributed by atoms with Crippen LogP contribution in [-0.2, 0) is 13.6 Å². The predicted molar refractivity (Wildman–Crippen MR) is 79.6 cm³/mol. The molecule has 20 heavy (non-hydrogen) atoms. The topological polar surface area (TPSA) is 59.0 Å². The first kappa shape index (κ1) is 14.1. The molecule has 0 spiro atoms. The van der Waals surface area contributed by atoms with Gasteiger partial charge in [-0.15, -0.1) is 0 Å². The predicted octanol–water partition coefficient (Wildman–Crippen LogP) is 2.17. The number of anilines is 1. The molecule has 0 aliphatic rings. The van der Waals surface area contributed by atoms with Crippen molar-refractivity contribution in [2.75, 3.05) is 11.9 Å². The Morgan fingerprint density at radius 1 is 1.35 bits per heavy atom. The third kappa shape index (κ3) is 3.60. The summed E-state index contributed by atoms with van der Waals surface area (Å²) in [6.07, 6.45) is 4.66. The zero-order chi connectivity index (χ0) is 14.4. The number of rotatable bonds is 6. The van der Waals surface area contributed by atoms with Crippen molar-refractivity contribution in [1.82, 2.24) is 15.1 Å². The molecule has 2 aromatic rings. The molecule has 2 N–H and O–H groups in total. The van der Waals surface area contributed by atoms with E-state index in [0.717, 1.165) is 24.2 Å². The smallest absolute Gasteiger partial charge is 0.253 e. The lowest BCUT2D eigenvalue weighted by atomic mass is 10.1. The maximum atomic E-state index is 12.2. The van der Waals surface area contributed by atoms with Crippen LogP contribution in [0.1, 0.15) is 29.3 Å². The molecule has 0 saturated carbocycles. The van der Waals surface area contributed by atoms with Crippen LogP contribution in [0.3, 0.4) is 0 Å². The van der Waals surface area contributed by atoms with Gasteiger partial charge in [-0.05, 0) is 18.6 Å². The average molecular weight is 272 g/mol. The van der Waals surface area contributed by atoms with E-state index >= 15 is 0 Å². The summed E-state index contributed by atoms with van der Waals surface area (Å²) in [5.41, 5.74) is 2.53. The number of nitrogens with one attached hydrogen (secondary N) is 2. The highest BCUT2D eigenvalue weighted by molar-refractivity contribution is 5.99. The highest BCUT2D eigenvalue weighted by atomic mass is 16.1. The van der Waals surface area contributed by atoms with Crippen LogP contribution in [0, 0.1) is 0 Å². The van der Waals surface area contributed by atoms with Crippen molar-refractivity contribution in [1.29, 1.82) is 0 Å². The SMILES string of the molecule is CCCNc1ccccc1C(=O)NCc1cnn(C)c1. The Hall–Kier alpha value is -2.30. The van der Waals surface area contributed by atoms with Crippen LogP contribution in [0.25, 0.3) is 0 Å². The molecule has 0 aliphatic carbocycles. The van der Waals surface area contributed by atoms with E-state index in [9.17, 15) is 4.79 Å². The van der Waals surface area contributed by atoms with Crippen LogP contribution in [0.5, 0.6) is 0 Å². The quantitative estimate of drug-likeness (QED) is 0.847. The number of carbonyl (C=O) groups excluding carboxylic acids is 1. The molecule has 0 fully saturated rings. The number of amides is 1. The number of nitrogens with zero attached hydrogens (tertiary/aromatic N) is 2. The van der Waals surface area contributed by atoms with Gasteiger partial charge >= 0.3 is 0 Å². The van der Waals surface area contributed by atoms with Crippen LogP contribution in [-0.4, -0.2) is 22.2 Å². The van der Waals surface area contributed by atoms with Gasteiger partial charge in [-0.3, -0.25) is 9.48 Å². The van der Waals surface area contributed by atoms with Crippen LogP contribution >= 0.6 is 0 Å². The normalized spacial score (nSPS) is 10.3. The van der Waals surface area contributed by atoms with Crippen molar-refractivity contribution < 1.29 is 4.79 Å². The number of aromatic nitrogens is 2. The fraction of sp³-hybridized carbons (Fsp3) is 0.333. The molecular weight excluding hydrogens is 252 g/mol. The molecule has 1 heterocycles. The van der Waals surface area contributed by atoms with Gasteiger partial charge in [-0.1, -0.05) is 19.1 Å². The molecule has 0 aliphatic heterocycles. The van der Waals surface area contributed by atoms with Crippen LogP contribution in [0.15, 0.2) is 36.7 Å². The van der Waals surface area contributed by atoms with Crippen LogP contribution < -0.4 is 10.6 Å². The highest BCUT2D eigenvalue weighted by Gasteiger charge is 2.10. The lowest BCUT2D eigenvalue weighted by Gasteiger charge is -2.11. The van der Waals surface area contributed by atoms with Crippen LogP contribution in [0.4, 0.5) is 5.69 Å². The molecule has 0 saturated heterocycles. The minimum Gasteiger partial charge on any atom is -0.384 e. The van der Waals surface area contributed by atoms with Gasteiger partial charge in [0.15, 0.2) is 0 Å². The summed E-state index contributed by atoms with van der Waals surface area (Å²) in [7, 11) is 1.86. The highest BCUT2D eigenvalue weighted by Crippen LogP contribution is 2.15. The van der Waals surface area contributed by atoms with Gasteiger partial charge < -0.3 is 10.6 Å². The maximum absolute atomic E-state index is 12.2. The first-order chi connectivity index (χ1) is 9.70. The molecule has 0 unspecified atom stereocenters. The summed E-state index contributed by atoms with van der Waals surface area (Å²) >= 11 is 0. The van der Waals surface area contributed by atoms with E-state index in [1.807, 2.05) is 37.5 Å². The molecule has 2 rings (SSSR count). The number of benzene rings is 1. The minimum absolute atomic E-state index is 0.0759. The molecular formula is C15H20N4O. The van der Waals surface area contributed by atoms with Crippen molar-refractivity contribution in [3.8, 4) is 0 Å². The van der Waals surface area contributed by atoms with E-state index < -0.39 is 0 Å². The Labute approximate surface area is 119 Å². The first-order valence-electron chi connectivity index (χ1n) is 6.79. The van der Waals surface area contributed by atoms with Crippen molar-refractivity contribution in [3.05, 3.63) is 47.8 Å². The molecule has 5 heteroatoms. The lowest BCUT2D eigenvalue weighted by molar-refractivity contribution is 0.0951. The standard InChI is InChI=1S/C15H20N4O/c1-3-8-16-14-7-5-4-6-13(14)15(20)17-9-12-10-18-19(2)11-12/h4-7,10-11,16H,3,8-9H2,1-2H3,(H,17,20). The van der Waals surface area contributed by atoms with Crippen molar-refractivity contribution in [2.45, 2.75) is 19.9 Å². The van der Waals surface area contributed by atoms with Crippen LogP contribution in [0.2, 0.25) is 0 Å². The molecule has 1 amide bonds. The molecule has 0 bridgehead atoms. The Kier molecular flexibility index (Phi) is 4.76. The second-order valence-electron chi connectivity index (χ2n) is 4.68. The van der Waals surface area contributed by atoms with Crippen molar-refractivity contribution >= 4 is 11.6 Å². The van der Waals surface area contributed by atoms with Gasteiger partial charge in [0, 0.05) is 37.6 Å². The Balaban J connectivity index is 2.01. The van der Waals surface area contributed by atoms with Gasteiger partial charge in [0.2, 0.25) is 0 Å². The van der Waals surface area contributed by atoms with Gasteiger partial charge in [-0.2, -0.15) is 5.10 Å². The second-order valence-corrected chi connectivity index (χ2v) is 4.68. The molecule has 106 valence electrons. The third-order valence-electron chi connectivity index (χ3n) is 2.95. The van der Waals surface area contributed by atoms with E-state index in [4.69, 9.17) is 0 Å². The zero-order valence-corrected chi connectivity index (χ0v) is 11.9. The number of aryl methyl sites for hydroxylation is 1. The summed E-state index contributed by atoms with van der Waals surface area (Å²) in [5.74, 6) is -0.0759. The molecule has 0 atom stereocenters. The monoisotopic (exact) mass is 272 g/mol. The Morgan fingerprint density at radius 2 is 2.15 bits per heavy atom. The number of para-hydroxylation sites is 1. The number of hydrogen-bond donors (Lipinski definition) is 2. The summed E-state index contributed by atoms with van der Waals surface area (Å²) in [6.45, 7) is 3.43. The number of hydrogen-bond acceptors (Lipinski definition) is 3. The van der Waals surface area contributed by atoms with Gasteiger partial charge in [0.05, 0.1) is 11.8 Å². The van der Waals surface area contributed by atoms with E-state index in [1.54, 1.807) is 10.9 Å². The summed E-state index contributed by atoms with van der Waals surface area (Å²) < 4.78 is 1.72. The minimum atomic E-state index is -0.0759. The molecule has 5 nitrogen and oxygen atoms in total. The second kappa shape index (κ2) is 6.75. The van der Waals surface area contributed by atoms with Gasteiger partial charge in [-0.25, -0.2) is 0 Å². The maximum Gasteiger partial charge on any atom is 0.253 e. The van der Waals surface area contributed by atoms with Crippen molar-refractivity contribution in [3.63, 3.8) is 0 Å². The first-order valence-corrected chi connectivity index (χ1v) is 6.79. The van der Waals surface area contributed by atoms with Gasteiger partial charge in [0.1, 0.15) is 0 Å². The Bertz CT molecular complexity index is 577. The van der Waals surface area contributed by atoms with E-state index in [2.05, 4.69) is 22.7 Å². The largest absolute Gasteiger partial charge is 0.384 e. The van der Waals surface area contributed by atoms with E-state index in [0.29, 0.717) is 12.1 Å². The van der Waals surface area contributed by atoms with E-state index in [1.165, 1.54) is 0 Å². The summed E-state index contributed by atoms with van der Waals surface area (Å²) in [4.78, 5) is 12.2. The molecule has 0 radical (unpaired) electrons. The lowest BCUT2D eigenvalue weighted by Crippen LogP contribution is -2.23. The average Bonchev–Trinajstić information content (AvgIpc) is 2.88. The van der Waals surface area contributed by atoms with Crippen molar-refractivity contribution in [2.24, 2.45) is 7.05 Å².